The third-order valence-electron chi connectivity index (χ3n) is 3.84. The van der Waals surface area contributed by atoms with Crippen LogP contribution in [0.5, 0.6) is 0 Å². The summed E-state index contributed by atoms with van der Waals surface area (Å²) in [5.41, 5.74) is 0.343. The van der Waals surface area contributed by atoms with E-state index in [-0.39, 0.29) is 17.1 Å². The Labute approximate surface area is 147 Å². The molecule has 0 aliphatic heterocycles. The molecule has 0 atom stereocenters. The molecule has 0 spiro atoms. The van der Waals surface area contributed by atoms with Gasteiger partial charge in [0.25, 0.3) is 0 Å². The Morgan fingerprint density at radius 3 is 2.54 bits per heavy atom. The maximum atomic E-state index is 13.0. The number of hydrogen-bond donors (Lipinski definition) is 1. The first kappa shape index (κ1) is 18.2. The first-order valence-corrected chi connectivity index (χ1v) is 9.29. The lowest BCUT2D eigenvalue weighted by Gasteiger charge is -2.12. The molecule has 1 N–H and O–H groups in total. The largest absolute Gasteiger partial charge is 0.416 e. The summed E-state index contributed by atoms with van der Waals surface area (Å²) in [6.07, 6.45) is -2.90. The molecule has 0 unspecified atom stereocenters. The van der Waals surface area contributed by atoms with Crippen molar-refractivity contribution < 1.29 is 21.6 Å². The lowest BCUT2D eigenvalue weighted by atomic mass is 10.0. The van der Waals surface area contributed by atoms with Gasteiger partial charge in [-0.3, -0.25) is 9.12 Å². The number of aryl methyl sites for hydroxylation is 1. The van der Waals surface area contributed by atoms with Gasteiger partial charge in [-0.2, -0.15) is 13.2 Å². The van der Waals surface area contributed by atoms with Gasteiger partial charge in [-0.1, -0.05) is 12.1 Å². The van der Waals surface area contributed by atoms with Crippen molar-refractivity contribution in [2.75, 3.05) is 10.5 Å². The van der Waals surface area contributed by atoms with Crippen molar-refractivity contribution >= 4 is 21.4 Å². The number of rotatable bonds is 4. The minimum absolute atomic E-state index is 0.153. The molecule has 0 fully saturated rings. The van der Waals surface area contributed by atoms with Crippen molar-refractivity contribution in [3.8, 4) is 11.1 Å². The molecule has 0 bridgehead atoms. The Bertz CT molecular complexity index is 1070. The Hall–Kier alpha value is -2.62. The van der Waals surface area contributed by atoms with Crippen LogP contribution < -0.4 is 4.72 Å². The van der Waals surface area contributed by atoms with Crippen molar-refractivity contribution in [2.45, 2.75) is 20.0 Å². The second-order valence-electron chi connectivity index (χ2n) is 5.67. The quantitative estimate of drug-likeness (QED) is 0.747. The van der Waals surface area contributed by atoms with E-state index in [1.807, 2.05) is 0 Å². The number of benzene rings is 1. The van der Waals surface area contributed by atoms with Gasteiger partial charge in [0.15, 0.2) is 5.65 Å². The molecule has 10 heteroatoms. The first-order valence-electron chi connectivity index (χ1n) is 7.64. The van der Waals surface area contributed by atoms with Crippen LogP contribution in [0.2, 0.25) is 0 Å². The van der Waals surface area contributed by atoms with Gasteiger partial charge in [-0.25, -0.2) is 8.42 Å². The zero-order chi connectivity index (χ0) is 19.1. The minimum Gasteiger partial charge on any atom is -0.284 e. The Morgan fingerprint density at radius 1 is 1.15 bits per heavy atom. The molecule has 2 heterocycles. The Balaban J connectivity index is 2.20. The van der Waals surface area contributed by atoms with Crippen molar-refractivity contribution in [1.29, 1.82) is 0 Å². The maximum Gasteiger partial charge on any atom is 0.416 e. The molecule has 0 radical (unpaired) electrons. The number of pyridine rings is 1. The lowest BCUT2D eigenvalue weighted by Crippen LogP contribution is -2.15. The SMILES string of the molecule is CCS(=O)(=O)Nc1cc(-c2cccc(C(F)(F)F)c2)cn2c(C)nnc12. The number of alkyl halides is 3. The number of sulfonamides is 1. The molecular weight excluding hydrogens is 369 g/mol. The fourth-order valence-corrected chi connectivity index (χ4v) is 3.08. The number of nitrogens with one attached hydrogen (secondary N) is 1. The highest BCUT2D eigenvalue weighted by molar-refractivity contribution is 7.92. The second-order valence-corrected chi connectivity index (χ2v) is 7.68. The molecular formula is C16H15F3N4O2S. The fraction of sp³-hybridized carbons (Fsp3) is 0.250. The van der Waals surface area contributed by atoms with E-state index in [9.17, 15) is 21.6 Å². The summed E-state index contributed by atoms with van der Waals surface area (Å²) in [5, 5.41) is 7.84. The normalized spacial score (nSPS) is 12.5. The van der Waals surface area contributed by atoms with Crippen molar-refractivity contribution in [1.82, 2.24) is 14.6 Å². The first-order chi connectivity index (χ1) is 12.1. The maximum absolute atomic E-state index is 13.0. The van der Waals surface area contributed by atoms with E-state index in [0.29, 0.717) is 17.0 Å². The standard InChI is InChI=1S/C16H15F3N4O2S/c1-3-26(24,25)22-14-8-12(9-23-10(2)20-21-15(14)23)11-5-4-6-13(7-11)16(17,18)19/h4-9,22H,3H2,1-2H3. The van der Waals surface area contributed by atoms with Gasteiger partial charge in [0.1, 0.15) is 5.82 Å². The molecule has 0 aliphatic rings. The van der Waals surface area contributed by atoms with Crippen LogP contribution in [0.15, 0.2) is 36.5 Å². The van der Waals surface area contributed by atoms with Crippen LogP contribution in [0.3, 0.4) is 0 Å². The summed E-state index contributed by atoms with van der Waals surface area (Å²) in [5.74, 6) is 0.325. The van der Waals surface area contributed by atoms with E-state index >= 15 is 0 Å². The Kier molecular flexibility index (Phi) is 4.39. The molecule has 138 valence electrons. The fourth-order valence-electron chi connectivity index (χ4n) is 2.45. The van der Waals surface area contributed by atoms with Crippen LogP contribution in [0.4, 0.5) is 18.9 Å². The molecule has 2 aromatic heterocycles. The van der Waals surface area contributed by atoms with Gasteiger partial charge in [0.2, 0.25) is 10.0 Å². The summed E-state index contributed by atoms with van der Waals surface area (Å²) in [4.78, 5) is 0. The van der Waals surface area contributed by atoms with Crippen LogP contribution in [0.25, 0.3) is 16.8 Å². The highest BCUT2D eigenvalue weighted by atomic mass is 32.2. The molecule has 0 saturated carbocycles. The number of hydrogen-bond acceptors (Lipinski definition) is 4. The summed E-state index contributed by atoms with van der Waals surface area (Å²) in [6, 6.07) is 6.27. The lowest BCUT2D eigenvalue weighted by molar-refractivity contribution is -0.137. The van der Waals surface area contributed by atoms with Gasteiger partial charge in [-0.15, -0.1) is 10.2 Å². The highest BCUT2D eigenvalue weighted by Gasteiger charge is 2.30. The molecule has 1 aromatic carbocycles. The van der Waals surface area contributed by atoms with E-state index in [1.54, 1.807) is 13.1 Å². The zero-order valence-corrected chi connectivity index (χ0v) is 14.7. The van der Waals surface area contributed by atoms with E-state index in [2.05, 4.69) is 14.9 Å². The van der Waals surface area contributed by atoms with Crippen molar-refractivity contribution in [2.24, 2.45) is 0 Å². The van der Waals surface area contributed by atoms with Gasteiger partial charge in [0, 0.05) is 11.8 Å². The number of nitrogens with zero attached hydrogens (tertiary/aromatic N) is 3. The average Bonchev–Trinajstić information content (AvgIpc) is 2.95. The van der Waals surface area contributed by atoms with Gasteiger partial charge in [0.05, 0.1) is 17.0 Å². The predicted molar refractivity (Wildman–Crippen MR) is 91.2 cm³/mol. The minimum atomic E-state index is -4.47. The smallest absolute Gasteiger partial charge is 0.284 e. The molecule has 6 nitrogen and oxygen atoms in total. The van der Waals surface area contributed by atoms with Crippen LogP contribution in [0, 0.1) is 6.92 Å². The molecule has 3 rings (SSSR count). The predicted octanol–water partition coefficient (Wildman–Crippen LogP) is 3.49. The van der Waals surface area contributed by atoms with Crippen LogP contribution in [0.1, 0.15) is 18.3 Å². The molecule has 3 aromatic rings. The number of aromatic nitrogens is 3. The van der Waals surface area contributed by atoms with Gasteiger partial charge >= 0.3 is 6.18 Å². The zero-order valence-electron chi connectivity index (χ0n) is 13.9. The van der Waals surface area contributed by atoms with Gasteiger partial charge in [-0.05, 0) is 37.6 Å². The van der Waals surface area contributed by atoms with Crippen LogP contribution in [-0.4, -0.2) is 28.8 Å². The third-order valence-corrected chi connectivity index (χ3v) is 5.13. The van der Waals surface area contributed by atoms with Crippen LogP contribution >= 0.6 is 0 Å². The monoisotopic (exact) mass is 384 g/mol. The van der Waals surface area contributed by atoms with Crippen LogP contribution in [-0.2, 0) is 16.2 Å². The summed E-state index contributed by atoms with van der Waals surface area (Å²) >= 11 is 0. The Morgan fingerprint density at radius 2 is 1.88 bits per heavy atom. The molecule has 0 saturated heterocycles. The molecule has 26 heavy (non-hydrogen) atoms. The summed E-state index contributed by atoms with van der Waals surface area (Å²) in [6.45, 7) is 3.14. The van der Waals surface area contributed by atoms with Gasteiger partial charge < -0.3 is 0 Å². The average molecular weight is 384 g/mol. The van der Waals surface area contributed by atoms with Crippen molar-refractivity contribution in [3.63, 3.8) is 0 Å². The number of anilines is 1. The summed E-state index contributed by atoms with van der Waals surface area (Å²) < 4.78 is 66.8. The third kappa shape index (κ3) is 3.50. The number of fused-ring (bicyclic) bond motifs is 1. The van der Waals surface area contributed by atoms with E-state index < -0.39 is 21.8 Å². The molecule has 0 amide bonds. The van der Waals surface area contributed by atoms with E-state index in [4.69, 9.17) is 0 Å². The van der Waals surface area contributed by atoms with E-state index in [0.717, 1.165) is 12.1 Å². The van der Waals surface area contributed by atoms with Crippen molar-refractivity contribution in [3.05, 3.63) is 47.9 Å². The van der Waals surface area contributed by atoms with E-state index in [1.165, 1.54) is 29.5 Å². The second kappa shape index (κ2) is 6.27. The topological polar surface area (TPSA) is 76.4 Å². The number of halogens is 3. The molecule has 0 aliphatic carbocycles. The highest BCUT2D eigenvalue weighted by Crippen LogP contribution is 2.33. The summed E-state index contributed by atoms with van der Waals surface area (Å²) in [7, 11) is -3.60.